The number of benzene rings is 3. The molecule has 2 aromatic heterocycles. The second-order valence-corrected chi connectivity index (χ2v) is 7.67. The molecule has 5 aromatic rings. The molecule has 0 unspecified atom stereocenters. The summed E-state index contributed by atoms with van der Waals surface area (Å²) in [5.74, 6) is 1.92. The van der Waals surface area contributed by atoms with Crippen LogP contribution in [-0.2, 0) is 18.3 Å². The molecule has 0 spiro atoms. The smallest absolute Gasteiger partial charge is 0.230 e. The summed E-state index contributed by atoms with van der Waals surface area (Å²) in [6.07, 6.45) is 0.147. The number of hydrogen-bond donors (Lipinski definition) is 1. The number of hydrogen-bond acceptors (Lipinski definition) is 4. The van der Waals surface area contributed by atoms with E-state index in [0.29, 0.717) is 17.3 Å². The van der Waals surface area contributed by atoms with E-state index in [1.54, 1.807) is 0 Å². The van der Waals surface area contributed by atoms with Gasteiger partial charge in [-0.3, -0.25) is 4.79 Å². The molecule has 0 aliphatic heterocycles. The third-order valence-corrected chi connectivity index (χ3v) is 5.46. The minimum absolute atomic E-state index is 0.142. The molecule has 1 amide bonds. The van der Waals surface area contributed by atoms with Crippen molar-refractivity contribution in [2.75, 3.05) is 5.32 Å². The Morgan fingerprint density at radius 1 is 0.906 bits per heavy atom. The topological polar surface area (TPSA) is 73.0 Å². The summed E-state index contributed by atoms with van der Waals surface area (Å²) in [5, 5.41) is 2.94. The molecule has 1 N–H and O–H groups in total. The molecule has 0 saturated carbocycles. The highest BCUT2D eigenvalue weighted by Crippen LogP contribution is 2.25. The fourth-order valence-electron chi connectivity index (χ4n) is 3.76. The number of carbonyl (C=O) groups is 1. The lowest BCUT2D eigenvalue weighted by atomic mass is 10.2. The number of fused-ring (bicyclic) bond motifs is 1. The Kier molecular flexibility index (Phi) is 5.03. The summed E-state index contributed by atoms with van der Waals surface area (Å²) in [6, 6.07) is 25.4. The summed E-state index contributed by atoms with van der Waals surface area (Å²) in [7, 11) is 2.00. The molecule has 0 bridgehead atoms. The second-order valence-electron chi connectivity index (χ2n) is 7.67. The Balaban J connectivity index is 1.29. The minimum Gasteiger partial charge on any atom is -0.441 e. The van der Waals surface area contributed by atoms with Crippen LogP contribution < -0.4 is 5.32 Å². The average Bonchev–Trinajstić information content (AvgIpc) is 3.35. The first kappa shape index (κ1) is 19.8. The fourth-order valence-corrected chi connectivity index (χ4v) is 3.76. The summed E-state index contributed by atoms with van der Waals surface area (Å²) >= 11 is 0. The number of carbonyl (C=O) groups excluding carboxylic acids is 1. The van der Waals surface area contributed by atoms with Gasteiger partial charge in [-0.05, 0) is 55.5 Å². The van der Waals surface area contributed by atoms with Crippen molar-refractivity contribution in [3.8, 4) is 22.8 Å². The second kappa shape index (κ2) is 8.15. The molecular formula is C26H22N4O2. The van der Waals surface area contributed by atoms with Crippen LogP contribution in [0.3, 0.4) is 0 Å². The summed E-state index contributed by atoms with van der Waals surface area (Å²) in [5.41, 5.74) is 5.28. The van der Waals surface area contributed by atoms with Crippen molar-refractivity contribution in [2.24, 2.45) is 7.05 Å². The first-order valence-electron chi connectivity index (χ1n) is 10.4. The summed E-state index contributed by atoms with van der Waals surface area (Å²) in [6.45, 7) is 1.83. The molecule has 2 heterocycles. The lowest BCUT2D eigenvalue weighted by Crippen LogP contribution is -2.15. The van der Waals surface area contributed by atoms with Gasteiger partial charge in [-0.15, -0.1) is 0 Å². The first-order chi connectivity index (χ1) is 15.6. The van der Waals surface area contributed by atoms with Gasteiger partial charge in [0.1, 0.15) is 11.6 Å². The highest BCUT2D eigenvalue weighted by molar-refractivity contribution is 5.92. The predicted molar refractivity (Wildman–Crippen MR) is 125 cm³/mol. The van der Waals surface area contributed by atoms with Crippen LogP contribution >= 0.6 is 0 Å². The molecule has 0 radical (unpaired) electrons. The molecule has 6 nitrogen and oxygen atoms in total. The van der Waals surface area contributed by atoms with Crippen LogP contribution in [0.4, 0.5) is 5.69 Å². The van der Waals surface area contributed by atoms with Crippen molar-refractivity contribution in [1.29, 1.82) is 0 Å². The molecular weight excluding hydrogens is 400 g/mol. The largest absolute Gasteiger partial charge is 0.441 e. The molecule has 3 aromatic carbocycles. The van der Waals surface area contributed by atoms with E-state index in [-0.39, 0.29) is 12.3 Å². The fraction of sp³-hybridized carbons (Fsp3) is 0.115. The number of aryl methyl sites for hydroxylation is 2. The van der Waals surface area contributed by atoms with Crippen LogP contribution in [0.5, 0.6) is 0 Å². The van der Waals surface area contributed by atoms with Crippen LogP contribution in [0.1, 0.15) is 11.5 Å². The van der Waals surface area contributed by atoms with Crippen LogP contribution in [0.15, 0.2) is 83.3 Å². The van der Waals surface area contributed by atoms with E-state index in [1.807, 2.05) is 86.8 Å². The lowest BCUT2D eigenvalue weighted by molar-refractivity contribution is -0.115. The maximum atomic E-state index is 12.6. The van der Waals surface area contributed by atoms with Crippen molar-refractivity contribution in [1.82, 2.24) is 14.5 Å². The van der Waals surface area contributed by atoms with Gasteiger partial charge in [0.15, 0.2) is 0 Å². The standard InChI is InChI=1S/C26H22N4O2/c1-17-22(29-26(32-17)19-8-4-3-5-9-19)16-24(31)27-20-14-12-18(13-15-20)25-28-21-10-6-7-11-23(21)30(25)2/h3-15H,16H2,1-2H3,(H,27,31). The van der Waals surface area contributed by atoms with E-state index in [1.165, 1.54) is 0 Å². The maximum absolute atomic E-state index is 12.6. The van der Waals surface area contributed by atoms with Gasteiger partial charge in [0, 0.05) is 23.9 Å². The van der Waals surface area contributed by atoms with E-state index in [4.69, 9.17) is 9.40 Å². The van der Waals surface area contributed by atoms with E-state index >= 15 is 0 Å². The predicted octanol–water partition coefficient (Wildman–Crippen LogP) is 5.38. The van der Waals surface area contributed by atoms with Crippen LogP contribution in [0, 0.1) is 6.92 Å². The normalized spacial score (nSPS) is 11.1. The number of aromatic nitrogens is 3. The molecule has 0 saturated heterocycles. The van der Waals surface area contributed by atoms with Crippen molar-refractivity contribution in [2.45, 2.75) is 13.3 Å². The van der Waals surface area contributed by atoms with E-state index < -0.39 is 0 Å². The summed E-state index contributed by atoms with van der Waals surface area (Å²) < 4.78 is 7.82. The van der Waals surface area contributed by atoms with Gasteiger partial charge in [0.2, 0.25) is 11.8 Å². The quantitative estimate of drug-likeness (QED) is 0.412. The number of nitrogens with one attached hydrogen (secondary N) is 1. The highest BCUT2D eigenvalue weighted by Gasteiger charge is 2.15. The van der Waals surface area contributed by atoms with Crippen LogP contribution in [0.25, 0.3) is 33.9 Å². The number of nitrogens with zero attached hydrogens (tertiary/aromatic N) is 3. The van der Waals surface area contributed by atoms with Crippen molar-refractivity contribution >= 4 is 22.6 Å². The van der Waals surface area contributed by atoms with Gasteiger partial charge in [0.05, 0.1) is 23.1 Å². The molecule has 158 valence electrons. The van der Waals surface area contributed by atoms with Crippen molar-refractivity contribution in [3.05, 3.63) is 90.3 Å². The number of anilines is 1. The van der Waals surface area contributed by atoms with Crippen LogP contribution in [-0.4, -0.2) is 20.4 Å². The third kappa shape index (κ3) is 3.78. The minimum atomic E-state index is -0.142. The van der Waals surface area contributed by atoms with E-state index in [2.05, 4.69) is 20.9 Å². The number of amides is 1. The molecule has 0 aliphatic rings. The Hall–Kier alpha value is -4.19. The maximum Gasteiger partial charge on any atom is 0.230 e. The SMILES string of the molecule is Cc1oc(-c2ccccc2)nc1CC(=O)Nc1ccc(-c2nc3ccccc3n2C)cc1. The van der Waals surface area contributed by atoms with Gasteiger partial charge in [-0.2, -0.15) is 0 Å². The molecule has 5 rings (SSSR count). The zero-order chi connectivity index (χ0) is 22.1. The van der Waals surface area contributed by atoms with Gasteiger partial charge < -0.3 is 14.3 Å². The molecule has 0 fully saturated rings. The molecule has 6 heteroatoms. The third-order valence-electron chi connectivity index (χ3n) is 5.46. The summed E-state index contributed by atoms with van der Waals surface area (Å²) in [4.78, 5) is 21.8. The average molecular weight is 422 g/mol. The van der Waals surface area contributed by atoms with E-state index in [9.17, 15) is 4.79 Å². The number of imidazole rings is 1. The zero-order valence-corrected chi connectivity index (χ0v) is 17.9. The first-order valence-corrected chi connectivity index (χ1v) is 10.4. The van der Waals surface area contributed by atoms with Gasteiger partial charge in [0.25, 0.3) is 0 Å². The monoisotopic (exact) mass is 422 g/mol. The highest BCUT2D eigenvalue weighted by atomic mass is 16.4. The number of para-hydroxylation sites is 2. The lowest BCUT2D eigenvalue weighted by Gasteiger charge is -2.06. The van der Waals surface area contributed by atoms with Gasteiger partial charge in [-0.1, -0.05) is 30.3 Å². The number of oxazole rings is 1. The van der Waals surface area contributed by atoms with Crippen molar-refractivity contribution < 1.29 is 9.21 Å². The van der Waals surface area contributed by atoms with Crippen LogP contribution in [0.2, 0.25) is 0 Å². The Labute approximate surface area is 185 Å². The molecule has 0 aliphatic carbocycles. The number of rotatable bonds is 5. The van der Waals surface area contributed by atoms with Gasteiger partial charge >= 0.3 is 0 Å². The Morgan fingerprint density at radius 3 is 2.38 bits per heavy atom. The van der Waals surface area contributed by atoms with Crippen molar-refractivity contribution in [3.63, 3.8) is 0 Å². The molecule has 0 atom stereocenters. The zero-order valence-electron chi connectivity index (χ0n) is 17.9. The Bertz CT molecular complexity index is 1400. The molecule has 32 heavy (non-hydrogen) atoms. The van der Waals surface area contributed by atoms with Gasteiger partial charge in [-0.25, -0.2) is 9.97 Å². The van der Waals surface area contributed by atoms with E-state index in [0.717, 1.165) is 33.7 Å². The Morgan fingerprint density at radius 2 is 1.62 bits per heavy atom.